The summed E-state index contributed by atoms with van der Waals surface area (Å²) in [6, 6.07) is 15.4. The summed E-state index contributed by atoms with van der Waals surface area (Å²) in [4.78, 5) is 11.2. The van der Waals surface area contributed by atoms with Crippen molar-refractivity contribution in [3.63, 3.8) is 0 Å². The highest BCUT2D eigenvalue weighted by Gasteiger charge is 2.37. The number of aromatic amines is 1. The molecule has 3 nitrogen and oxygen atoms in total. The smallest absolute Gasteiger partial charge is 0.129 e. The lowest BCUT2D eigenvalue weighted by Crippen LogP contribution is -2.53. The number of fused-ring (bicyclic) bond motifs is 2. The molecule has 1 aliphatic heterocycles. The maximum absolute atomic E-state index is 5.24. The Hall–Kier alpha value is -2.94. The number of nitrogens with zero attached hydrogens (tertiary/aromatic N) is 2. The van der Waals surface area contributed by atoms with E-state index in [0.29, 0.717) is 0 Å². The van der Waals surface area contributed by atoms with Gasteiger partial charge in [-0.05, 0) is 67.6 Å². The molecule has 0 atom stereocenters. The Morgan fingerprint density at radius 3 is 2.39 bits per heavy atom. The number of hydrogen-bond donors (Lipinski definition) is 1. The maximum Gasteiger partial charge on any atom is 0.129 e. The van der Waals surface area contributed by atoms with Gasteiger partial charge in [0.2, 0.25) is 0 Å². The van der Waals surface area contributed by atoms with Crippen LogP contribution in [0.5, 0.6) is 0 Å². The molecule has 1 N–H and O–H groups in total. The van der Waals surface area contributed by atoms with E-state index in [0.717, 1.165) is 18.7 Å². The van der Waals surface area contributed by atoms with E-state index in [1.807, 2.05) is 0 Å². The van der Waals surface area contributed by atoms with Crippen molar-refractivity contribution in [2.75, 3.05) is 11.4 Å². The summed E-state index contributed by atoms with van der Waals surface area (Å²) in [5.74, 6) is 0. The van der Waals surface area contributed by atoms with Gasteiger partial charge in [-0.15, -0.1) is 0 Å². The first-order valence-electron chi connectivity index (χ1n) is 11.2. The van der Waals surface area contributed by atoms with Crippen LogP contribution in [0.3, 0.4) is 0 Å². The minimum atomic E-state index is -0.115. The Morgan fingerprint density at radius 2 is 1.65 bits per heavy atom. The van der Waals surface area contributed by atoms with Crippen LogP contribution in [0, 0.1) is 27.7 Å². The van der Waals surface area contributed by atoms with E-state index in [9.17, 15) is 0 Å². The molecule has 0 unspecified atom stereocenters. The summed E-state index contributed by atoms with van der Waals surface area (Å²) in [7, 11) is 4.70. The Morgan fingerprint density at radius 1 is 0.935 bits per heavy atom. The lowest BCUT2D eigenvalue weighted by atomic mass is 9.54. The molecule has 5 rings (SSSR count). The average Bonchev–Trinajstić information content (AvgIpc) is 3.10. The van der Waals surface area contributed by atoms with Crippen LogP contribution in [0.2, 0.25) is 0 Å². The monoisotopic (exact) mass is 405 g/mol. The third kappa shape index (κ3) is 3.02. The molecule has 2 aromatic heterocycles. The van der Waals surface area contributed by atoms with Crippen molar-refractivity contribution in [1.29, 1.82) is 0 Å². The molecule has 1 aliphatic rings. The normalized spacial score (nSPS) is 15.3. The fourth-order valence-electron chi connectivity index (χ4n) is 5.72. The van der Waals surface area contributed by atoms with Gasteiger partial charge in [0.05, 0.1) is 5.69 Å². The second-order valence-corrected chi connectivity index (χ2v) is 9.55. The van der Waals surface area contributed by atoms with Crippen LogP contribution in [0.15, 0.2) is 48.7 Å². The lowest BCUT2D eigenvalue weighted by Gasteiger charge is -2.47. The molecule has 0 fully saturated rings. The predicted molar refractivity (Wildman–Crippen MR) is 137 cm³/mol. The van der Waals surface area contributed by atoms with Gasteiger partial charge in [0.25, 0.3) is 0 Å². The molecule has 0 saturated carbocycles. The van der Waals surface area contributed by atoms with Crippen LogP contribution in [0.25, 0.3) is 22.2 Å². The van der Waals surface area contributed by atoms with Crippen molar-refractivity contribution < 1.29 is 0 Å². The van der Waals surface area contributed by atoms with Crippen LogP contribution >= 0.6 is 0 Å². The highest BCUT2D eigenvalue weighted by molar-refractivity contribution is 6.42. The number of anilines is 1. The SMILES string of the molecule is BC1(B)c2c(C)cc(-c3cccc4[nH]cc(C)c34)nc2CCN1c1c(C)cccc1C. The molecule has 31 heavy (non-hydrogen) atoms. The number of H-pyrrole nitrogens is 1. The van der Waals surface area contributed by atoms with Gasteiger partial charge < -0.3 is 9.88 Å². The average molecular weight is 405 g/mol. The largest absolute Gasteiger partial charge is 0.377 e. The zero-order valence-corrected chi connectivity index (χ0v) is 19.4. The fraction of sp³-hybridized carbons (Fsp3) is 0.269. The predicted octanol–water partition coefficient (Wildman–Crippen LogP) is 3.90. The van der Waals surface area contributed by atoms with Gasteiger partial charge in [0, 0.05) is 52.3 Å². The van der Waals surface area contributed by atoms with Gasteiger partial charge >= 0.3 is 0 Å². The van der Waals surface area contributed by atoms with Crippen LogP contribution in [-0.4, -0.2) is 32.2 Å². The third-order valence-corrected chi connectivity index (χ3v) is 7.04. The number of nitrogens with one attached hydrogen (secondary N) is 1. The molecule has 0 bridgehead atoms. The summed E-state index contributed by atoms with van der Waals surface area (Å²) < 4.78 is 0. The maximum atomic E-state index is 5.24. The quantitative estimate of drug-likeness (QED) is 0.513. The minimum absolute atomic E-state index is 0.115. The van der Waals surface area contributed by atoms with E-state index in [1.165, 1.54) is 55.7 Å². The number of aromatic nitrogens is 2. The summed E-state index contributed by atoms with van der Waals surface area (Å²) in [5.41, 5.74) is 12.7. The molecule has 0 amide bonds. The van der Waals surface area contributed by atoms with E-state index in [-0.39, 0.29) is 5.34 Å². The van der Waals surface area contributed by atoms with Crippen molar-refractivity contribution in [3.05, 3.63) is 82.2 Å². The van der Waals surface area contributed by atoms with Crippen molar-refractivity contribution in [2.45, 2.75) is 39.5 Å². The molecular weight excluding hydrogens is 376 g/mol. The van der Waals surface area contributed by atoms with Crippen molar-refractivity contribution >= 4 is 32.3 Å². The molecule has 0 aliphatic carbocycles. The van der Waals surface area contributed by atoms with Crippen molar-refractivity contribution in [2.24, 2.45) is 0 Å². The highest BCUT2D eigenvalue weighted by Crippen LogP contribution is 2.40. The standard InChI is InChI=1S/C26H29B2N3/c1-15-7-5-8-16(2)25(15)31-12-11-21-24(26(31,27)28)17(3)13-22(30-21)19-9-6-10-20-23(19)18(4)14-29-20/h5-10,13-14,29H,11-12,27-28H2,1-4H3. The Labute approximate surface area is 186 Å². The molecule has 0 saturated heterocycles. The molecule has 2 aromatic carbocycles. The van der Waals surface area contributed by atoms with E-state index in [4.69, 9.17) is 4.98 Å². The Kier molecular flexibility index (Phi) is 4.55. The first-order valence-corrected chi connectivity index (χ1v) is 11.2. The van der Waals surface area contributed by atoms with Crippen molar-refractivity contribution in [1.82, 2.24) is 9.97 Å². The first kappa shape index (κ1) is 20.0. The summed E-state index contributed by atoms with van der Waals surface area (Å²) in [5, 5.41) is 1.16. The number of rotatable bonds is 2. The first-order chi connectivity index (χ1) is 14.8. The third-order valence-electron chi connectivity index (χ3n) is 7.04. The molecule has 5 heteroatoms. The fourth-order valence-corrected chi connectivity index (χ4v) is 5.72. The van der Waals surface area contributed by atoms with E-state index < -0.39 is 0 Å². The number of aryl methyl sites for hydroxylation is 4. The molecule has 0 spiro atoms. The topological polar surface area (TPSA) is 31.9 Å². The lowest BCUT2D eigenvalue weighted by molar-refractivity contribution is 0.641. The molecule has 3 heterocycles. The summed E-state index contributed by atoms with van der Waals surface area (Å²) >= 11 is 0. The van der Waals surface area contributed by atoms with Crippen LogP contribution in [0.1, 0.15) is 33.5 Å². The Balaban J connectivity index is 1.66. The second-order valence-electron chi connectivity index (χ2n) is 9.55. The number of benzene rings is 2. The number of hydrogen-bond acceptors (Lipinski definition) is 2. The van der Waals surface area contributed by atoms with Crippen LogP contribution in [-0.2, 0) is 11.8 Å². The number of para-hydroxylation sites is 1. The second kappa shape index (κ2) is 7.05. The minimum Gasteiger partial charge on any atom is -0.377 e. The van der Waals surface area contributed by atoms with Gasteiger partial charge in [-0.1, -0.05) is 30.3 Å². The van der Waals surface area contributed by atoms with Gasteiger partial charge in [0.1, 0.15) is 15.7 Å². The molecule has 4 aromatic rings. The van der Waals surface area contributed by atoms with Gasteiger partial charge in [0.15, 0.2) is 0 Å². The zero-order chi connectivity index (χ0) is 21.9. The molecule has 154 valence electrons. The van der Waals surface area contributed by atoms with E-state index in [1.54, 1.807) is 0 Å². The van der Waals surface area contributed by atoms with E-state index in [2.05, 4.69) is 102 Å². The van der Waals surface area contributed by atoms with Gasteiger partial charge in [-0.25, -0.2) is 0 Å². The van der Waals surface area contributed by atoms with Crippen molar-refractivity contribution in [3.8, 4) is 11.3 Å². The number of pyridine rings is 1. The highest BCUT2D eigenvalue weighted by atomic mass is 15.2. The summed E-state index contributed by atoms with van der Waals surface area (Å²) in [6.45, 7) is 9.85. The molecule has 0 radical (unpaired) electrons. The van der Waals surface area contributed by atoms with Crippen LogP contribution < -0.4 is 4.90 Å². The van der Waals surface area contributed by atoms with E-state index >= 15 is 0 Å². The van der Waals surface area contributed by atoms with Crippen LogP contribution in [0.4, 0.5) is 5.69 Å². The zero-order valence-electron chi connectivity index (χ0n) is 19.4. The molecular formula is C26H29B2N3. The van der Waals surface area contributed by atoms with Gasteiger partial charge in [-0.2, -0.15) is 0 Å². The summed E-state index contributed by atoms with van der Waals surface area (Å²) in [6.07, 6.45) is 3.05. The van der Waals surface area contributed by atoms with Gasteiger partial charge in [-0.3, -0.25) is 4.98 Å². The Bertz CT molecular complexity index is 1300.